The summed E-state index contributed by atoms with van der Waals surface area (Å²) < 4.78 is 2.54. The van der Waals surface area contributed by atoms with Crippen LogP contribution >= 0.6 is 11.3 Å². The topological polar surface area (TPSA) is 25.8 Å². The van der Waals surface area contributed by atoms with Crippen LogP contribution in [0.2, 0.25) is 19.6 Å². The first-order valence-corrected chi connectivity index (χ1v) is 21.5. The Bertz CT molecular complexity index is 2380. The van der Waals surface area contributed by atoms with Crippen LogP contribution < -0.4 is 5.19 Å². The Morgan fingerprint density at radius 3 is 2.14 bits per heavy atom. The van der Waals surface area contributed by atoms with Gasteiger partial charge in [-0.15, -0.1) is 59.7 Å². The van der Waals surface area contributed by atoms with Crippen LogP contribution in [0, 0.1) is 19.1 Å². The summed E-state index contributed by atoms with van der Waals surface area (Å²) in [6.45, 7) is 11.5. The molecule has 0 fully saturated rings. The van der Waals surface area contributed by atoms with E-state index in [0.717, 1.165) is 22.5 Å². The monoisotopic (exact) mass is 873 g/mol. The zero-order valence-corrected chi connectivity index (χ0v) is 33.8. The van der Waals surface area contributed by atoms with Crippen LogP contribution in [0.1, 0.15) is 29.5 Å². The first kappa shape index (κ1) is 36.3. The zero-order valence-electron chi connectivity index (χ0n) is 29.6. The van der Waals surface area contributed by atoms with Crippen molar-refractivity contribution < 1.29 is 20.1 Å². The Balaban J connectivity index is 0.000000211. The standard InChI is InChI=1S/C31H22NS.C15H18NSi.Ir/c1-21(22-10-4-2-5-11-22)24-18-19-32-28(20-24)26-15-8-16-27-30-25(23-12-6-3-7-13-23)14-9-17-29(30)33-31(26)27;1-12-10-14(13-8-6-5-7-9-13)16-11-15(12)17(2,3)4;/h2-14,16-21H,1H3;5-8,10-11H,1-4H3;/q2*-1;. The number of hydrogen-bond donors (Lipinski definition) is 0. The third-order valence-corrected chi connectivity index (χ3v) is 12.6. The van der Waals surface area contributed by atoms with E-state index in [1.54, 1.807) is 0 Å². The molecule has 0 N–H and O–H groups in total. The van der Waals surface area contributed by atoms with Gasteiger partial charge in [-0.3, -0.25) is 0 Å². The minimum Gasteiger partial charge on any atom is -0.305 e. The van der Waals surface area contributed by atoms with E-state index in [4.69, 9.17) is 4.98 Å². The summed E-state index contributed by atoms with van der Waals surface area (Å²) in [6, 6.07) is 53.4. The molecule has 5 heteroatoms. The molecule has 2 nitrogen and oxygen atoms in total. The molecule has 1 atom stereocenters. The van der Waals surface area contributed by atoms with E-state index in [1.165, 1.54) is 53.2 Å². The van der Waals surface area contributed by atoms with Gasteiger partial charge in [-0.05, 0) is 68.0 Å². The average Bonchev–Trinajstić information content (AvgIpc) is 3.55. The molecule has 0 bridgehead atoms. The number of hydrogen-bond acceptors (Lipinski definition) is 3. The maximum absolute atomic E-state index is 4.76. The van der Waals surface area contributed by atoms with Crippen molar-refractivity contribution >= 4 is 44.8 Å². The van der Waals surface area contributed by atoms with Crippen LogP contribution in [0.4, 0.5) is 0 Å². The maximum atomic E-state index is 4.76. The molecule has 0 saturated heterocycles. The summed E-state index contributed by atoms with van der Waals surface area (Å²) in [5, 5.41) is 4.02. The number of nitrogens with zero attached hydrogens (tertiary/aromatic N) is 2. The summed E-state index contributed by atoms with van der Waals surface area (Å²) in [6.07, 6.45) is 3.98. The van der Waals surface area contributed by atoms with Crippen LogP contribution in [0.15, 0.2) is 146 Å². The third kappa shape index (κ3) is 7.88. The second-order valence-electron chi connectivity index (χ2n) is 13.8. The molecule has 3 aromatic heterocycles. The second kappa shape index (κ2) is 15.8. The van der Waals surface area contributed by atoms with E-state index in [2.05, 4.69) is 166 Å². The predicted molar refractivity (Wildman–Crippen MR) is 217 cm³/mol. The number of fused-ring (bicyclic) bond motifs is 3. The predicted octanol–water partition coefficient (Wildman–Crippen LogP) is 12.1. The maximum Gasteiger partial charge on any atom is 0.0798 e. The Morgan fingerprint density at radius 1 is 0.686 bits per heavy atom. The van der Waals surface area contributed by atoms with Gasteiger partial charge in [0.15, 0.2) is 0 Å². The molecule has 1 unspecified atom stereocenters. The number of aryl methyl sites for hydroxylation is 1. The van der Waals surface area contributed by atoms with E-state index in [-0.39, 0.29) is 20.1 Å². The molecule has 1 radical (unpaired) electrons. The summed E-state index contributed by atoms with van der Waals surface area (Å²) in [5.74, 6) is 0.305. The van der Waals surface area contributed by atoms with Crippen molar-refractivity contribution in [1.82, 2.24) is 9.97 Å². The van der Waals surface area contributed by atoms with E-state index < -0.39 is 8.07 Å². The first-order valence-electron chi connectivity index (χ1n) is 17.1. The van der Waals surface area contributed by atoms with Crippen LogP contribution in [0.5, 0.6) is 0 Å². The summed E-state index contributed by atoms with van der Waals surface area (Å²) in [5.41, 5.74) is 10.6. The van der Waals surface area contributed by atoms with Gasteiger partial charge in [0.25, 0.3) is 0 Å². The van der Waals surface area contributed by atoms with Crippen molar-refractivity contribution in [2.24, 2.45) is 0 Å². The molecule has 0 aliphatic rings. The molecule has 0 aliphatic heterocycles. The zero-order chi connectivity index (χ0) is 34.7. The van der Waals surface area contributed by atoms with Crippen molar-refractivity contribution in [3.05, 3.63) is 175 Å². The number of aromatic nitrogens is 2. The van der Waals surface area contributed by atoms with Crippen LogP contribution in [0.25, 0.3) is 53.8 Å². The van der Waals surface area contributed by atoms with Gasteiger partial charge in [0.05, 0.1) is 8.07 Å². The normalized spacial score (nSPS) is 11.8. The fraction of sp³-hybridized carbons (Fsp3) is 0.130. The fourth-order valence-corrected chi connectivity index (χ4v) is 9.61. The smallest absolute Gasteiger partial charge is 0.0798 e. The summed E-state index contributed by atoms with van der Waals surface area (Å²) >= 11 is 1.83. The number of rotatable bonds is 6. The second-order valence-corrected chi connectivity index (χ2v) is 19.9. The van der Waals surface area contributed by atoms with Gasteiger partial charge in [0.2, 0.25) is 0 Å². The molecular weight excluding hydrogens is 833 g/mol. The van der Waals surface area contributed by atoms with E-state index >= 15 is 0 Å². The van der Waals surface area contributed by atoms with E-state index in [1.807, 2.05) is 41.8 Å². The van der Waals surface area contributed by atoms with Crippen molar-refractivity contribution in [3.8, 4) is 33.6 Å². The minimum atomic E-state index is -1.27. The van der Waals surface area contributed by atoms with Gasteiger partial charge >= 0.3 is 0 Å². The molecule has 8 rings (SSSR count). The fourth-order valence-electron chi connectivity index (χ4n) is 6.67. The number of pyridine rings is 2. The van der Waals surface area contributed by atoms with Gasteiger partial charge in [-0.2, -0.15) is 11.3 Å². The molecule has 0 spiro atoms. The molecule has 3 heterocycles. The molecule has 0 aliphatic carbocycles. The molecule has 0 saturated carbocycles. The minimum absolute atomic E-state index is 0. The molecule has 0 amide bonds. The van der Waals surface area contributed by atoms with Crippen molar-refractivity contribution in [2.45, 2.75) is 39.4 Å². The van der Waals surface area contributed by atoms with Crippen LogP contribution in [-0.4, -0.2) is 18.0 Å². The van der Waals surface area contributed by atoms with Crippen molar-refractivity contribution in [1.29, 1.82) is 0 Å². The van der Waals surface area contributed by atoms with Crippen LogP contribution in [0.3, 0.4) is 0 Å². The number of thiophene rings is 1. The van der Waals surface area contributed by atoms with Crippen molar-refractivity contribution in [2.75, 3.05) is 0 Å². The quantitative estimate of drug-likeness (QED) is 0.123. The van der Waals surface area contributed by atoms with Gasteiger partial charge in [0.1, 0.15) is 0 Å². The molecule has 8 aromatic rings. The van der Waals surface area contributed by atoms with E-state index in [0.29, 0.717) is 5.92 Å². The third-order valence-electron chi connectivity index (χ3n) is 9.29. The van der Waals surface area contributed by atoms with Gasteiger partial charge in [-0.1, -0.05) is 122 Å². The molecule has 51 heavy (non-hydrogen) atoms. The van der Waals surface area contributed by atoms with E-state index in [9.17, 15) is 0 Å². The summed E-state index contributed by atoms with van der Waals surface area (Å²) in [7, 11) is -1.27. The Labute approximate surface area is 320 Å². The van der Waals surface area contributed by atoms with Crippen LogP contribution in [-0.2, 0) is 20.1 Å². The van der Waals surface area contributed by atoms with Crippen molar-refractivity contribution in [3.63, 3.8) is 0 Å². The SMILES string of the molecule is CC(c1ccccc1)c1ccnc(-c2[c-]ccc3c2sc2cccc(-c4ccccc4)c23)c1.Cc1cc(-c2[c-]cccc2)ncc1[Si](C)(C)C.[Ir]. The molecular formula is C46H40IrN2SSi-2. The summed E-state index contributed by atoms with van der Waals surface area (Å²) in [4.78, 5) is 9.34. The van der Waals surface area contributed by atoms with Gasteiger partial charge < -0.3 is 9.97 Å². The largest absolute Gasteiger partial charge is 0.305 e. The molecule has 255 valence electrons. The first-order chi connectivity index (χ1) is 24.3. The van der Waals surface area contributed by atoms with Gasteiger partial charge in [-0.25, -0.2) is 0 Å². The Hall–Kier alpha value is -4.51. The number of benzene rings is 5. The molecule has 5 aromatic carbocycles. The Morgan fingerprint density at radius 2 is 1.43 bits per heavy atom. The van der Waals surface area contributed by atoms with Gasteiger partial charge in [0, 0.05) is 43.1 Å². The average molecular weight is 873 g/mol. The Kier molecular flexibility index (Phi) is 11.2.